The number of fused-ring (bicyclic) bond motifs is 1. The number of rotatable bonds is 2. The van der Waals surface area contributed by atoms with Crippen LogP contribution in [0.4, 0.5) is 0 Å². The molecule has 0 amide bonds. The third-order valence-corrected chi connectivity index (χ3v) is 3.51. The number of hydrogen-bond acceptors (Lipinski definition) is 5. The molecule has 0 spiro atoms. The molecule has 0 unspecified atom stereocenters. The van der Waals surface area contributed by atoms with Crippen LogP contribution in [0.15, 0.2) is 29.7 Å². The van der Waals surface area contributed by atoms with Crippen molar-refractivity contribution in [3.05, 3.63) is 35.2 Å². The van der Waals surface area contributed by atoms with Crippen molar-refractivity contribution in [2.24, 2.45) is 0 Å². The Morgan fingerprint density at radius 2 is 2.11 bits per heavy atom. The Kier molecular flexibility index (Phi) is 3.12. The lowest BCUT2D eigenvalue weighted by molar-refractivity contribution is 0.933. The van der Waals surface area contributed by atoms with Crippen molar-refractivity contribution in [2.45, 2.75) is 12.1 Å². The van der Waals surface area contributed by atoms with Crippen LogP contribution < -0.4 is 0 Å². The lowest BCUT2D eigenvalue weighted by atomic mass is 10.3. The molecule has 5 nitrogen and oxygen atoms in total. The van der Waals surface area contributed by atoms with Gasteiger partial charge < -0.3 is 0 Å². The van der Waals surface area contributed by atoms with E-state index in [4.69, 9.17) is 11.6 Å². The van der Waals surface area contributed by atoms with Crippen LogP contribution in [0.1, 0.15) is 5.56 Å². The van der Waals surface area contributed by atoms with Crippen molar-refractivity contribution in [1.29, 1.82) is 0 Å². The van der Waals surface area contributed by atoms with E-state index >= 15 is 0 Å². The van der Waals surface area contributed by atoms with E-state index in [9.17, 15) is 0 Å². The number of aromatic nitrogens is 5. The third-order valence-electron chi connectivity index (χ3n) is 2.68. The molecular formula is C12H10ClN5S. The van der Waals surface area contributed by atoms with Crippen molar-refractivity contribution in [3.8, 4) is 11.4 Å². The highest BCUT2D eigenvalue weighted by atomic mass is 35.5. The van der Waals surface area contributed by atoms with Gasteiger partial charge in [-0.2, -0.15) is 5.10 Å². The molecule has 0 saturated carbocycles. The number of hydrogen-bond donors (Lipinski definition) is 0. The summed E-state index contributed by atoms with van der Waals surface area (Å²) in [7, 11) is 0. The molecule has 0 radical (unpaired) electrons. The molecule has 0 fully saturated rings. The highest BCUT2D eigenvalue weighted by Crippen LogP contribution is 2.22. The summed E-state index contributed by atoms with van der Waals surface area (Å²) in [5.41, 5.74) is 3.19. The molecule has 0 bridgehead atoms. The van der Waals surface area contributed by atoms with Crippen molar-refractivity contribution in [2.75, 3.05) is 6.26 Å². The first-order valence-corrected chi connectivity index (χ1v) is 7.17. The van der Waals surface area contributed by atoms with E-state index in [1.165, 1.54) is 11.8 Å². The first-order chi connectivity index (χ1) is 9.19. The number of thioether (sulfide) groups is 1. The van der Waals surface area contributed by atoms with Crippen LogP contribution >= 0.6 is 23.4 Å². The SMILES string of the molecule is CSc1nccc(-c2cc(Cl)n3ncc(C)c3n2)n1. The lowest BCUT2D eigenvalue weighted by Crippen LogP contribution is -1.97. The molecule has 7 heteroatoms. The average Bonchev–Trinajstić information content (AvgIpc) is 2.81. The largest absolute Gasteiger partial charge is 0.231 e. The van der Waals surface area contributed by atoms with Gasteiger partial charge in [0.1, 0.15) is 5.15 Å². The highest BCUT2D eigenvalue weighted by Gasteiger charge is 2.10. The zero-order valence-corrected chi connectivity index (χ0v) is 11.9. The van der Waals surface area contributed by atoms with Gasteiger partial charge in [0.25, 0.3) is 0 Å². The van der Waals surface area contributed by atoms with E-state index in [-0.39, 0.29) is 0 Å². The Morgan fingerprint density at radius 3 is 2.89 bits per heavy atom. The van der Waals surface area contributed by atoms with Crippen LogP contribution in [0.2, 0.25) is 5.15 Å². The molecule has 3 aromatic heterocycles. The Balaban J connectivity index is 2.21. The van der Waals surface area contributed by atoms with E-state index in [0.717, 1.165) is 22.6 Å². The minimum atomic E-state index is 0.511. The van der Waals surface area contributed by atoms with Gasteiger partial charge in [0.05, 0.1) is 17.6 Å². The van der Waals surface area contributed by atoms with Crippen molar-refractivity contribution in [3.63, 3.8) is 0 Å². The van der Waals surface area contributed by atoms with Gasteiger partial charge >= 0.3 is 0 Å². The molecule has 0 aromatic carbocycles. The van der Waals surface area contributed by atoms with Gasteiger partial charge in [-0.05, 0) is 19.2 Å². The summed E-state index contributed by atoms with van der Waals surface area (Å²) in [6, 6.07) is 3.58. The Labute approximate surface area is 119 Å². The minimum Gasteiger partial charge on any atom is -0.231 e. The van der Waals surface area contributed by atoms with E-state index in [2.05, 4.69) is 20.1 Å². The smallest absolute Gasteiger partial charge is 0.187 e. The quantitative estimate of drug-likeness (QED) is 0.413. The normalized spacial score (nSPS) is 11.1. The van der Waals surface area contributed by atoms with Crippen LogP contribution in [0, 0.1) is 6.92 Å². The average molecular weight is 292 g/mol. The Bertz CT molecular complexity index is 755. The van der Waals surface area contributed by atoms with Gasteiger partial charge in [0.2, 0.25) is 0 Å². The van der Waals surface area contributed by atoms with Gasteiger partial charge in [-0.1, -0.05) is 23.4 Å². The second-order valence-electron chi connectivity index (χ2n) is 3.96. The highest BCUT2D eigenvalue weighted by molar-refractivity contribution is 7.98. The minimum absolute atomic E-state index is 0.511. The molecule has 0 aliphatic heterocycles. The molecule has 0 saturated heterocycles. The summed E-state index contributed by atoms with van der Waals surface area (Å²) in [5.74, 6) is 0. The van der Waals surface area contributed by atoms with Crippen molar-refractivity contribution < 1.29 is 0 Å². The predicted octanol–water partition coefficient (Wildman–Crippen LogP) is 2.87. The van der Waals surface area contributed by atoms with Gasteiger partial charge in [0.15, 0.2) is 10.8 Å². The van der Waals surface area contributed by atoms with E-state index in [0.29, 0.717) is 10.3 Å². The van der Waals surface area contributed by atoms with E-state index < -0.39 is 0 Å². The number of halogens is 1. The van der Waals surface area contributed by atoms with Crippen LogP contribution in [0.3, 0.4) is 0 Å². The van der Waals surface area contributed by atoms with Crippen LogP contribution in [0.5, 0.6) is 0 Å². The van der Waals surface area contributed by atoms with Gasteiger partial charge in [-0.3, -0.25) is 0 Å². The van der Waals surface area contributed by atoms with E-state index in [1.807, 2.05) is 19.2 Å². The maximum absolute atomic E-state index is 6.21. The summed E-state index contributed by atoms with van der Waals surface area (Å²) >= 11 is 7.70. The summed E-state index contributed by atoms with van der Waals surface area (Å²) in [6.45, 7) is 1.95. The fraction of sp³-hybridized carbons (Fsp3) is 0.167. The summed E-state index contributed by atoms with van der Waals surface area (Å²) in [5, 5.41) is 5.39. The van der Waals surface area contributed by atoms with Crippen molar-refractivity contribution >= 4 is 29.0 Å². The summed E-state index contributed by atoms with van der Waals surface area (Å²) in [6.07, 6.45) is 5.40. The fourth-order valence-corrected chi connectivity index (χ4v) is 2.33. The van der Waals surface area contributed by atoms with Crippen LogP contribution in [-0.2, 0) is 0 Å². The van der Waals surface area contributed by atoms with E-state index in [1.54, 1.807) is 23.0 Å². The predicted molar refractivity (Wildman–Crippen MR) is 75.5 cm³/mol. The number of aryl methyl sites for hydroxylation is 1. The second-order valence-corrected chi connectivity index (χ2v) is 5.12. The second kappa shape index (κ2) is 4.79. The molecule has 96 valence electrons. The topological polar surface area (TPSA) is 56.0 Å². The molecule has 0 aliphatic carbocycles. The maximum atomic E-state index is 6.21. The standard InChI is InChI=1S/C12H10ClN5S/c1-7-6-15-18-10(13)5-9(16-11(7)18)8-3-4-14-12(17-8)19-2/h3-6H,1-2H3. The molecule has 0 N–H and O–H groups in total. The Hall–Kier alpha value is -1.66. The molecule has 3 rings (SSSR count). The van der Waals surface area contributed by atoms with Gasteiger partial charge in [-0.25, -0.2) is 19.5 Å². The molecule has 3 aromatic rings. The molecule has 0 atom stereocenters. The van der Waals surface area contributed by atoms with Gasteiger partial charge in [-0.15, -0.1) is 0 Å². The Morgan fingerprint density at radius 1 is 1.26 bits per heavy atom. The molecule has 19 heavy (non-hydrogen) atoms. The zero-order chi connectivity index (χ0) is 13.4. The fourth-order valence-electron chi connectivity index (χ4n) is 1.75. The molecule has 3 heterocycles. The monoisotopic (exact) mass is 291 g/mol. The molecule has 0 aliphatic rings. The lowest BCUT2D eigenvalue weighted by Gasteiger charge is -2.04. The summed E-state index contributed by atoms with van der Waals surface area (Å²) < 4.78 is 1.61. The van der Waals surface area contributed by atoms with Gasteiger partial charge in [0, 0.05) is 17.8 Å². The maximum Gasteiger partial charge on any atom is 0.187 e. The first kappa shape index (κ1) is 12.4. The molecular weight excluding hydrogens is 282 g/mol. The van der Waals surface area contributed by atoms with Crippen LogP contribution in [0.25, 0.3) is 17.0 Å². The first-order valence-electron chi connectivity index (χ1n) is 5.57. The number of nitrogens with zero attached hydrogens (tertiary/aromatic N) is 5. The van der Waals surface area contributed by atoms with Crippen LogP contribution in [-0.4, -0.2) is 30.8 Å². The summed E-state index contributed by atoms with van der Waals surface area (Å²) in [4.78, 5) is 13.1. The third kappa shape index (κ3) is 2.17. The van der Waals surface area contributed by atoms with Crippen molar-refractivity contribution in [1.82, 2.24) is 24.6 Å². The zero-order valence-electron chi connectivity index (χ0n) is 10.3.